The van der Waals surface area contributed by atoms with E-state index in [2.05, 4.69) is 5.32 Å². The first kappa shape index (κ1) is 23.1. The van der Waals surface area contributed by atoms with Crippen LogP contribution in [0.25, 0.3) is 0 Å². The topological polar surface area (TPSA) is 58.6 Å². The number of aryl methyl sites for hydroxylation is 1. The van der Waals surface area contributed by atoms with Crippen LogP contribution in [0.4, 0.5) is 0 Å². The highest BCUT2D eigenvalue weighted by Gasteiger charge is 2.30. The Hall–Kier alpha value is -3.60. The van der Waals surface area contributed by atoms with Gasteiger partial charge in [0.05, 0.1) is 0 Å². The Morgan fingerprint density at radius 2 is 1.56 bits per heavy atom. The molecule has 1 atom stereocenters. The molecule has 0 radical (unpaired) electrons. The van der Waals surface area contributed by atoms with Crippen LogP contribution in [0.2, 0.25) is 0 Å². The van der Waals surface area contributed by atoms with E-state index in [0.717, 1.165) is 16.7 Å². The van der Waals surface area contributed by atoms with Crippen molar-refractivity contribution in [2.24, 2.45) is 0 Å². The van der Waals surface area contributed by atoms with E-state index < -0.39 is 6.04 Å². The smallest absolute Gasteiger partial charge is 0.261 e. The Morgan fingerprint density at radius 1 is 0.906 bits per heavy atom. The van der Waals surface area contributed by atoms with Crippen LogP contribution in [-0.2, 0) is 22.6 Å². The molecule has 2 amide bonds. The molecular weight excluding hydrogens is 400 g/mol. The average Bonchev–Trinajstić information content (AvgIpc) is 2.81. The third-order valence-electron chi connectivity index (χ3n) is 5.17. The van der Waals surface area contributed by atoms with Crippen LogP contribution >= 0.6 is 0 Å². The van der Waals surface area contributed by atoms with E-state index in [4.69, 9.17) is 4.74 Å². The van der Waals surface area contributed by atoms with Gasteiger partial charge in [-0.1, -0.05) is 72.8 Å². The molecule has 0 spiro atoms. The minimum Gasteiger partial charge on any atom is -0.484 e. The average molecular weight is 431 g/mol. The summed E-state index contributed by atoms with van der Waals surface area (Å²) in [6, 6.07) is 26.4. The van der Waals surface area contributed by atoms with Crippen molar-refractivity contribution in [3.05, 3.63) is 102 Å². The van der Waals surface area contributed by atoms with E-state index in [9.17, 15) is 9.59 Å². The van der Waals surface area contributed by atoms with E-state index in [0.29, 0.717) is 25.3 Å². The molecule has 3 aromatic rings. The first-order valence-corrected chi connectivity index (χ1v) is 10.9. The number of carbonyl (C=O) groups excluding carboxylic acids is 2. The van der Waals surface area contributed by atoms with Gasteiger partial charge in [-0.2, -0.15) is 0 Å². The highest BCUT2D eigenvalue weighted by Crippen LogP contribution is 2.17. The van der Waals surface area contributed by atoms with Gasteiger partial charge in [-0.05, 0) is 42.7 Å². The minimum atomic E-state index is -0.647. The number of rotatable bonds is 10. The Kier molecular flexibility index (Phi) is 8.44. The number of ether oxygens (including phenoxy) is 1. The summed E-state index contributed by atoms with van der Waals surface area (Å²) in [5, 5.41) is 2.89. The van der Waals surface area contributed by atoms with Crippen molar-refractivity contribution in [1.29, 1.82) is 0 Å². The molecule has 0 aliphatic carbocycles. The van der Waals surface area contributed by atoms with E-state index >= 15 is 0 Å². The van der Waals surface area contributed by atoms with Crippen LogP contribution in [0.3, 0.4) is 0 Å². The molecule has 0 aromatic heterocycles. The van der Waals surface area contributed by atoms with Crippen molar-refractivity contribution >= 4 is 11.8 Å². The van der Waals surface area contributed by atoms with Crippen molar-refractivity contribution in [2.45, 2.75) is 32.9 Å². The number of amides is 2. The maximum Gasteiger partial charge on any atom is 0.261 e. The van der Waals surface area contributed by atoms with Gasteiger partial charge in [-0.25, -0.2) is 0 Å². The normalized spacial score (nSPS) is 11.4. The van der Waals surface area contributed by atoms with Crippen LogP contribution < -0.4 is 10.1 Å². The second kappa shape index (κ2) is 11.7. The molecular formula is C27H30N2O3. The van der Waals surface area contributed by atoms with E-state index in [-0.39, 0.29) is 18.4 Å². The predicted molar refractivity (Wildman–Crippen MR) is 126 cm³/mol. The first-order valence-electron chi connectivity index (χ1n) is 10.9. The zero-order chi connectivity index (χ0) is 22.8. The monoisotopic (exact) mass is 430 g/mol. The lowest BCUT2D eigenvalue weighted by atomic mass is 10.0. The SMILES string of the molecule is CCNC(=O)[C@@H](Cc1ccccc1)N(Cc1ccccc1)C(=O)COc1cccc(C)c1. The standard InChI is InChI=1S/C27H30N2O3/c1-3-28-27(31)25(18-22-12-6-4-7-13-22)29(19-23-14-8-5-9-15-23)26(30)20-32-24-16-10-11-21(2)17-24/h4-17,25H,3,18-20H2,1-2H3,(H,28,31)/t25-/m1/s1. The molecule has 5 nitrogen and oxygen atoms in total. The molecule has 0 fully saturated rings. The van der Waals surface area contributed by atoms with Crippen LogP contribution in [-0.4, -0.2) is 35.9 Å². The zero-order valence-corrected chi connectivity index (χ0v) is 18.7. The van der Waals surface area contributed by atoms with Gasteiger partial charge in [-0.15, -0.1) is 0 Å². The number of hydrogen-bond donors (Lipinski definition) is 1. The molecule has 1 N–H and O–H groups in total. The second-order valence-corrected chi connectivity index (χ2v) is 7.71. The number of nitrogens with one attached hydrogen (secondary N) is 1. The maximum absolute atomic E-state index is 13.4. The number of nitrogens with zero attached hydrogens (tertiary/aromatic N) is 1. The fourth-order valence-corrected chi connectivity index (χ4v) is 3.56. The van der Waals surface area contributed by atoms with Crippen LogP contribution in [0, 0.1) is 6.92 Å². The molecule has 3 rings (SSSR count). The maximum atomic E-state index is 13.4. The van der Waals surface area contributed by atoms with Crippen molar-refractivity contribution in [3.8, 4) is 5.75 Å². The minimum absolute atomic E-state index is 0.138. The number of likely N-dealkylation sites (N-methyl/N-ethyl adjacent to an activating group) is 1. The Balaban J connectivity index is 1.86. The lowest BCUT2D eigenvalue weighted by Gasteiger charge is -2.31. The molecule has 0 aliphatic heterocycles. The molecule has 0 saturated heterocycles. The highest BCUT2D eigenvalue weighted by atomic mass is 16.5. The summed E-state index contributed by atoms with van der Waals surface area (Å²) in [5.41, 5.74) is 3.01. The van der Waals surface area contributed by atoms with Gasteiger partial charge in [0, 0.05) is 19.5 Å². The molecule has 5 heteroatoms. The summed E-state index contributed by atoms with van der Waals surface area (Å²) in [5.74, 6) is 0.231. The summed E-state index contributed by atoms with van der Waals surface area (Å²) in [6.07, 6.45) is 0.426. The van der Waals surface area contributed by atoms with Crippen LogP contribution in [0.5, 0.6) is 5.75 Å². The molecule has 32 heavy (non-hydrogen) atoms. The first-order chi connectivity index (χ1) is 15.6. The summed E-state index contributed by atoms with van der Waals surface area (Å²) < 4.78 is 5.78. The zero-order valence-electron chi connectivity index (χ0n) is 18.7. The summed E-state index contributed by atoms with van der Waals surface area (Å²) >= 11 is 0. The van der Waals surface area contributed by atoms with Gasteiger partial charge in [-0.3, -0.25) is 9.59 Å². The summed E-state index contributed by atoms with van der Waals surface area (Å²) in [7, 11) is 0. The predicted octanol–water partition coefficient (Wildman–Crippen LogP) is 4.15. The number of hydrogen-bond acceptors (Lipinski definition) is 3. The number of benzene rings is 3. The van der Waals surface area contributed by atoms with E-state index in [1.165, 1.54) is 0 Å². The van der Waals surface area contributed by atoms with Crippen molar-refractivity contribution in [3.63, 3.8) is 0 Å². The van der Waals surface area contributed by atoms with E-state index in [1.807, 2.05) is 98.8 Å². The van der Waals surface area contributed by atoms with Gasteiger partial charge in [0.1, 0.15) is 11.8 Å². The van der Waals surface area contributed by atoms with Crippen molar-refractivity contribution < 1.29 is 14.3 Å². The van der Waals surface area contributed by atoms with Gasteiger partial charge in [0.25, 0.3) is 5.91 Å². The van der Waals surface area contributed by atoms with Gasteiger partial charge < -0.3 is 15.0 Å². The van der Waals surface area contributed by atoms with Gasteiger partial charge in [0.15, 0.2) is 6.61 Å². The fraction of sp³-hybridized carbons (Fsp3) is 0.259. The van der Waals surface area contributed by atoms with Crippen LogP contribution in [0.1, 0.15) is 23.6 Å². The lowest BCUT2D eigenvalue weighted by molar-refractivity contribution is -0.142. The second-order valence-electron chi connectivity index (χ2n) is 7.71. The quantitative estimate of drug-likeness (QED) is 0.526. The lowest BCUT2D eigenvalue weighted by Crippen LogP contribution is -2.51. The Labute approximate surface area is 190 Å². The molecule has 0 aliphatic rings. The van der Waals surface area contributed by atoms with Crippen molar-refractivity contribution in [2.75, 3.05) is 13.2 Å². The molecule has 0 bridgehead atoms. The molecule has 166 valence electrons. The highest BCUT2D eigenvalue weighted by molar-refractivity contribution is 5.88. The third kappa shape index (κ3) is 6.71. The van der Waals surface area contributed by atoms with Crippen LogP contribution in [0.15, 0.2) is 84.9 Å². The Morgan fingerprint density at radius 3 is 2.19 bits per heavy atom. The third-order valence-corrected chi connectivity index (χ3v) is 5.17. The van der Waals surface area contributed by atoms with Crippen molar-refractivity contribution in [1.82, 2.24) is 10.2 Å². The fourth-order valence-electron chi connectivity index (χ4n) is 3.56. The molecule has 0 unspecified atom stereocenters. The molecule has 0 saturated carbocycles. The molecule has 0 heterocycles. The Bertz CT molecular complexity index is 1010. The summed E-state index contributed by atoms with van der Waals surface area (Å²) in [4.78, 5) is 28.1. The van der Waals surface area contributed by atoms with Gasteiger partial charge >= 0.3 is 0 Å². The van der Waals surface area contributed by atoms with E-state index in [1.54, 1.807) is 4.90 Å². The largest absolute Gasteiger partial charge is 0.484 e. The van der Waals surface area contributed by atoms with Gasteiger partial charge in [0.2, 0.25) is 5.91 Å². The molecule has 3 aromatic carbocycles. The number of carbonyl (C=O) groups is 2. The summed E-state index contributed by atoms with van der Waals surface area (Å²) in [6.45, 7) is 4.53.